The Hall–Kier alpha value is -0.0400. The van der Waals surface area contributed by atoms with Gasteiger partial charge in [-0.2, -0.15) is 0 Å². The van der Waals surface area contributed by atoms with Crippen LogP contribution in [0.2, 0.25) is 0 Å². The Morgan fingerprint density at radius 1 is 0.857 bits per heavy atom. The fraction of sp³-hybridized carbons (Fsp3) is 1.00. The van der Waals surface area contributed by atoms with Crippen LogP contribution in [0, 0.1) is 11.8 Å². The van der Waals surface area contributed by atoms with Gasteiger partial charge in [0.1, 0.15) is 0 Å². The predicted octanol–water partition coefficient (Wildman–Crippen LogP) is 3.51. The third kappa shape index (κ3) is 2.73. The third-order valence-corrected chi connectivity index (χ3v) is 4.24. The largest absolute Gasteiger partial charge is 0.393 e. The normalized spacial score (nSPS) is 28.1. The molecule has 0 heterocycles. The molecule has 82 valence electrons. The van der Waals surface area contributed by atoms with Gasteiger partial charge in [0.25, 0.3) is 0 Å². The van der Waals surface area contributed by atoms with Gasteiger partial charge in [0.2, 0.25) is 0 Å². The maximum atomic E-state index is 10.1. The molecule has 1 nitrogen and oxygen atoms in total. The second-order valence-electron chi connectivity index (χ2n) is 5.35. The van der Waals surface area contributed by atoms with Crippen LogP contribution in [0.15, 0.2) is 0 Å². The monoisotopic (exact) mass is 196 g/mol. The molecule has 1 unspecified atom stereocenters. The number of aliphatic hydroxyl groups excluding tert-OH is 1. The average molecular weight is 196 g/mol. The number of aliphatic hydroxyl groups is 1. The minimum atomic E-state index is 0.0263. The quantitative estimate of drug-likeness (QED) is 0.732. The van der Waals surface area contributed by atoms with Gasteiger partial charge in [-0.05, 0) is 31.1 Å². The lowest BCUT2D eigenvalue weighted by molar-refractivity contribution is 0.0629. The minimum absolute atomic E-state index is 0.0263. The molecular weight excluding hydrogens is 172 g/mol. The van der Waals surface area contributed by atoms with Crippen molar-refractivity contribution >= 4 is 0 Å². The van der Waals surface area contributed by atoms with Crippen LogP contribution < -0.4 is 0 Å². The maximum Gasteiger partial charge on any atom is 0.0571 e. The summed E-state index contributed by atoms with van der Waals surface area (Å²) in [6, 6.07) is 0. The first-order valence-corrected chi connectivity index (χ1v) is 6.54. The van der Waals surface area contributed by atoms with Crippen molar-refractivity contribution in [1.82, 2.24) is 0 Å². The van der Waals surface area contributed by atoms with Crippen molar-refractivity contribution in [3.8, 4) is 0 Å². The Balaban J connectivity index is 1.72. The number of hydrogen-bond acceptors (Lipinski definition) is 1. The Morgan fingerprint density at radius 3 is 2.07 bits per heavy atom. The number of hydrogen-bond donors (Lipinski definition) is 1. The van der Waals surface area contributed by atoms with Crippen molar-refractivity contribution in [3.05, 3.63) is 0 Å². The lowest BCUT2D eigenvalue weighted by Gasteiger charge is -2.28. The van der Waals surface area contributed by atoms with Crippen molar-refractivity contribution < 1.29 is 5.11 Å². The molecule has 14 heavy (non-hydrogen) atoms. The summed E-state index contributed by atoms with van der Waals surface area (Å²) in [5, 5.41) is 10.1. The van der Waals surface area contributed by atoms with Crippen molar-refractivity contribution in [3.63, 3.8) is 0 Å². The Bertz CT molecular complexity index is 155. The fourth-order valence-electron chi connectivity index (χ4n) is 3.30. The molecule has 2 rings (SSSR count). The zero-order valence-electron chi connectivity index (χ0n) is 9.25. The molecule has 1 atom stereocenters. The first-order valence-electron chi connectivity index (χ1n) is 6.54. The summed E-state index contributed by atoms with van der Waals surface area (Å²) >= 11 is 0. The molecule has 2 saturated carbocycles. The van der Waals surface area contributed by atoms with E-state index < -0.39 is 0 Å². The van der Waals surface area contributed by atoms with E-state index in [1.807, 2.05) is 0 Å². The molecule has 0 aromatic rings. The van der Waals surface area contributed by atoms with E-state index in [9.17, 15) is 5.11 Å². The van der Waals surface area contributed by atoms with E-state index in [1.165, 1.54) is 57.8 Å². The molecule has 1 heteroatoms. The van der Waals surface area contributed by atoms with Gasteiger partial charge in [-0.1, -0.05) is 44.9 Å². The summed E-state index contributed by atoms with van der Waals surface area (Å²) in [6.45, 7) is 0. The van der Waals surface area contributed by atoms with Gasteiger partial charge < -0.3 is 5.11 Å². The van der Waals surface area contributed by atoms with Gasteiger partial charge in [-0.3, -0.25) is 0 Å². The predicted molar refractivity (Wildman–Crippen MR) is 59.2 cm³/mol. The van der Waals surface area contributed by atoms with Crippen molar-refractivity contribution in [2.75, 3.05) is 0 Å². The Kier molecular flexibility index (Phi) is 3.86. The summed E-state index contributed by atoms with van der Waals surface area (Å²) in [4.78, 5) is 0. The van der Waals surface area contributed by atoms with Gasteiger partial charge in [0.05, 0.1) is 6.10 Å². The van der Waals surface area contributed by atoms with Crippen LogP contribution in [0.4, 0.5) is 0 Å². The molecule has 1 N–H and O–H groups in total. The highest BCUT2D eigenvalue weighted by atomic mass is 16.3. The van der Waals surface area contributed by atoms with Crippen LogP contribution >= 0.6 is 0 Å². The molecule has 0 spiro atoms. The van der Waals surface area contributed by atoms with Crippen LogP contribution in [0.3, 0.4) is 0 Å². The molecule has 0 amide bonds. The first-order chi connectivity index (χ1) is 6.86. The van der Waals surface area contributed by atoms with Crippen LogP contribution in [0.25, 0.3) is 0 Å². The van der Waals surface area contributed by atoms with Crippen molar-refractivity contribution in [2.24, 2.45) is 11.8 Å². The van der Waals surface area contributed by atoms with Crippen LogP contribution in [-0.2, 0) is 0 Å². The molecule has 0 radical (unpaired) electrons. The van der Waals surface area contributed by atoms with E-state index >= 15 is 0 Å². The zero-order chi connectivity index (χ0) is 9.80. The summed E-state index contributed by atoms with van der Waals surface area (Å²) in [5.74, 6) is 1.50. The third-order valence-electron chi connectivity index (χ3n) is 4.24. The Labute approximate surface area is 87.9 Å². The summed E-state index contributed by atoms with van der Waals surface area (Å²) in [5.41, 5.74) is 0. The fourth-order valence-corrected chi connectivity index (χ4v) is 3.30. The summed E-state index contributed by atoms with van der Waals surface area (Å²) in [6.07, 6.45) is 13.4. The summed E-state index contributed by atoms with van der Waals surface area (Å²) in [7, 11) is 0. The van der Waals surface area contributed by atoms with Crippen LogP contribution in [0.1, 0.15) is 64.2 Å². The van der Waals surface area contributed by atoms with Gasteiger partial charge >= 0.3 is 0 Å². The topological polar surface area (TPSA) is 20.2 Å². The molecule has 2 aliphatic carbocycles. The van der Waals surface area contributed by atoms with Crippen LogP contribution in [-0.4, -0.2) is 11.2 Å². The van der Waals surface area contributed by atoms with Gasteiger partial charge in [0.15, 0.2) is 0 Å². The minimum Gasteiger partial charge on any atom is -0.393 e. The first kappa shape index (κ1) is 10.5. The molecule has 0 aromatic heterocycles. The summed E-state index contributed by atoms with van der Waals surface area (Å²) < 4.78 is 0. The second-order valence-corrected chi connectivity index (χ2v) is 5.35. The highest BCUT2D eigenvalue weighted by Gasteiger charge is 2.25. The van der Waals surface area contributed by atoms with Crippen molar-refractivity contribution in [1.29, 1.82) is 0 Å². The molecule has 0 saturated heterocycles. The van der Waals surface area contributed by atoms with E-state index in [-0.39, 0.29) is 6.10 Å². The average Bonchev–Trinajstić information content (AvgIpc) is 2.72. The highest BCUT2D eigenvalue weighted by Crippen LogP contribution is 2.34. The van der Waals surface area contributed by atoms with Crippen molar-refractivity contribution in [2.45, 2.75) is 70.3 Å². The smallest absolute Gasteiger partial charge is 0.0571 e. The van der Waals surface area contributed by atoms with E-state index in [0.717, 1.165) is 12.3 Å². The van der Waals surface area contributed by atoms with E-state index in [0.29, 0.717) is 5.92 Å². The molecular formula is C13H24O. The van der Waals surface area contributed by atoms with E-state index in [4.69, 9.17) is 0 Å². The molecule has 2 aliphatic rings. The molecule has 2 fully saturated rings. The van der Waals surface area contributed by atoms with Gasteiger partial charge in [0, 0.05) is 0 Å². The standard InChI is InChI=1S/C13H24O/c14-13(10-11-6-4-5-7-11)12-8-2-1-3-9-12/h11-14H,1-10H2. The SMILES string of the molecule is OC(CC1CCCC1)C1CCCCC1. The molecule has 0 aromatic carbocycles. The van der Waals surface area contributed by atoms with Gasteiger partial charge in [-0.25, -0.2) is 0 Å². The van der Waals surface area contributed by atoms with E-state index in [2.05, 4.69) is 0 Å². The Morgan fingerprint density at radius 2 is 1.43 bits per heavy atom. The van der Waals surface area contributed by atoms with Crippen LogP contribution in [0.5, 0.6) is 0 Å². The maximum absolute atomic E-state index is 10.1. The highest BCUT2D eigenvalue weighted by molar-refractivity contribution is 4.77. The van der Waals surface area contributed by atoms with Gasteiger partial charge in [-0.15, -0.1) is 0 Å². The number of rotatable bonds is 3. The molecule has 0 aliphatic heterocycles. The zero-order valence-corrected chi connectivity index (χ0v) is 9.25. The lowest BCUT2D eigenvalue weighted by atomic mass is 9.82. The molecule has 0 bridgehead atoms. The second kappa shape index (κ2) is 5.16. The van der Waals surface area contributed by atoms with E-state index in [1.54, 1.807) is 0 Å². The lowest BCUT2D eigenvalue weighted by Crippen LogP contribution is -2.24.